The summed E-state index contributed by atoms with van der Waals surface area (Å²) in [4.78, 5) is 40.8. The zero-order chi connectivity index (χ0) is 26.1. The van der Waals surface area contributed by atoms with Crippen LogP contribution in [0.15, 0.2) is 45.9 Å². The number of aromatic hydroxyl groups is 1. The quantitative estimate of drug-likeness (QED) is 0.250. The summed E-state index contributed by atoms with van der Waals surface area (Å²) in [5.41, 5.74) is 1.07. The Labute approximate surface area is 213 Å². The van der Waals surface area contributed by atoms with Crippen molar-refractivity contribution in [3.63, 3.8) is 0 Å². The molecule has 2 aromatic carbocycles. The first-order valence-electron chi connectivity index (χ1n) is 11.1. The number of ether oxygens (including phenoxy) is 3. The molecule has 35 heavy (non-hydrogen) atoms. The molecule has 0 aliphatic rings. The van der Waals surface area contributed by atoms with E-state index in [1.807, 2.05) is 0 Å². The highest BCUT2D eigenvalue weighted by Crippen LogP contribution is 2.33. The molecule has 0 spiro atoms. The molecule has 2 aromatic rings. The van der Waals surface area contributed by atoms with Gasteiger partial charge in [-0.1, -0.05) is 55.8 Å². The number of aliphatic imine (C=N–C) groups is 1. The molecule has 1 atom stereocenters. The number of esters is 2. The van der Waals surface area contributed by atoms with Crippen molar-refractivity contribution in [3.8, 4) is 17.2 Å². The van der Waals surface area contributed by atoms with Gasteiger partial charge in [0.15, 0.2) is 17.3 Å². The highest BCUT2D eigenvalue weighted by atomic mass is 79.9. The van der Waals surface area contributed by atoms with E-state index in [0.29, 0.717) is 10.2 Å². The molecular formula is C26H30BrNO7. The van der Waals surface area contributed by atoms with Crippen LogP contribution in [-0.2, 0) is 25.5 Å². The van der Waals surface area contributed by atoms with Crippen molar-refractivity contribution in [2.45, 2.75) is 40.2 Å². The number of nitrogens with zero attached hydrogens (tertiary/aromatic N) is 1. The van der Waals surface area contributed by atoms with E-state index >= 15 is 0 Å². The normalized spacial score (nSPS) is 12.2. The summed E-state index contributed by atoms with van der Waals surface area (Å²) in [6.45, 7) is 6.75. The van der Waals surface area contributed by atoms with Crippen molar-refractivity contribution >= 4 is 39.9 Å². The minimum Gasteiger partial charge on any atom is -0.504 e. The van der Waals surface area contributed by atoms with Gasteiger partial charge in [-0.25, -0.2) is 0 Å². The maximum atomic E-state index is 12.6. The molecule has 0 heterocycles. The Bertz CT molecular complexity index is 1080. The Hall–Kier alpha value is -3.04. The first-order valence-corrected chi connectivity index (χ1v) is 11.9. The molecule has 188 valence electrons. The second-order valence-electron chi connectivity index (χ2n) is 8.53. The molecule has 0 amide bonds. The van der Waals surface area contributed by atoms with Crippen LogP contribution in [0.2, 0.25) is 0 Å². The van der Waals surface area contributed by atoms with Crippen LogP contribution in [0.4, 0.5) is 0 Å². The maximum absolute atomic E-state index is 12.6. The molecule has 0 fully saturated rings. The summed E-state index contributed by atoms with van der Waals surface area (Å²) in [5, 5.41) is 10.6. The zero-order valence-electron chi connectivity index (χ0n) is 20.4. The monoisotopic (exact) mass is 547 g/mol. The van der Waals surface area contributed by atoms with E-state index in [9.17, 15) is 19.5 Å². The lowest BCUT2D eigenvalue weighted by atomic mass is 10.0. The van der Waals surface area contributed by atoms with E-state index in [0.717, 1.165) is 5.56 Å². The van der Waals surface area contributed by atoms with Crippen LogP contribution in [0.1, 0.15) is 38.8 Å². The molecule has 0 aromatic heterocycles. The molecule has 8 nitrogen and oxygen atoms in total. The van der Waals surface area contributed by atoms with Crippen molar-refractivity contribution in [3.05, 3.63) is 52.0 Å². The summed E-state index contributed by atoms with van der Waals surface area (Å²) in [5.74, 6) is -1.55. The van der Waals surface area contributed by atoms with Gasteiger partial charge in [0, 0.05) is 29.8 Å². The van der Waals surface area contributed by atoms with Gasteiger partial charge in [0.1, 0.15) is 18.4 Å². The number of phenolic OH excluding ortho intramolecular Hbond substituents is 1. The molecule has 2 rings (SSSR count). The second kappa shape index (κ2) is 13.2. The fourth-order valence-electron chi connectivity index (χ4n) is 2.81. The van der Waals surface area contributed by atoms with E-state index in [4.69, 9.17) is 14.2 Å². The highest BCUT2D eigenvalue weighted by molar-refractivity contribution is 9.10. The number of ketones is 1. The van der Waals surface area contributed by atoms with Gasteiger partial charge in [-0.05, 0) is 29.8 Å². The summed E-state index contributed by atoms with van der Waals surface area (Å²) in [7, 11) is 1.42. The average molecular weight is 548 g/mol. The Morgan fingerprint density at radius 2 is 1.60 bits per heavy atom. The molecule has 9 heteroatoms. The van der Waals surface area contributed by atoms with Gasteiger partial charge < -0.3 is 19.3 Å². The number of hydrogen-bond donors (Lipinski definition) is 1. The van der Waals surface area contributed by atoms with Crippen LogP contribution in [0.5, 0.6) is 17.2 Å². The average Bonchev–Trinajstić information content (AvgIpc) is 2.80. The maximum Gasteiger partial charge on any atom is 0.313 e. The van der Waals surface area contributed by atoms with Gasteiger partial charge in [-0.15, -0.1) is 0 Å². The minimum atomic E-state index is -0.793. The fraction of sp³-hybridized carbons (Fsp3) is 0.385. The van der Waals surface area contributed by atoms with Crippen molar-refractivity contribution < 1.29 is 33.7 Å². The van der Waals surface area contributed by atoms with E-state index in [1.54, 1.807) is 58.0 Å². The van der Waals surface area contributed by atoms with E-state index < -0.39 is 12.0 Å². The van der Waals surface area contributed by atoms with Crippen molar-refractivity contribution in [2.24, 2.45) is 16.8 Å². The predicted octanol–water partition coefficient (Wildman–Crippen LogP) is 4.52. The topological polar surface area (TPSA) is 111 Å². The molecule has 0 radical (unpaired) electrons. The number of methoxy groups -OCH3 is 1. The first-order chi connectivity index (χ1) is 16.5. The molecule has 0 aliphatic heterocycles. The van der Waals surface area contributed by atoms with Crippen molar-refractivity contribution in [2.75, 3.05) is 13.7 Å². The summed E-state index contributed by atoms with van der Waals surface area (Å²) >= 11 is 3.33. The standard InChI is InChI=1S/C26H30BrNO7/c1-15(2)25(31)34-20-8-6-17(7-9-20)10-21(22(29)14-33-5)28-13-18-11-19(27)12-23(24(18)30)35-26(32)16(3)4/h6-9,11-13,15-16,21,30H,10,14H2,1-5H3. The molecule has 0 saturated heterocycles. The van der Waals surface area contributed by atoms with Crippen molar-refractivity contribution in [1.29, 1.82) is 0 Å². The Morgan fingerprint density at radius 1 is 1.00 bits per heavy atom. The van der Waals surface area contributed by atoms with Crippen LogP contribution in [-0.4, -0.2) is 48.8 Å². The van der Waals surface area contributed by atoms with E-state index in [-0.39, 0.29) is 53.7 Å². The number of Topliss-reactive ketones (excluding diaryl/α,β-unsaturated/α-hetero) is 1. The summed E-state index contributed by atoms with van der Waals surface area (Å²) < 4.78 is 16.1. The Balaban J connectivity index is 2.26. The van der Waals surface area contributed by atoms with Crippen LogP contribution < -0.4 is 9.47 Å². The summed E-state index contributed by atoms with van der Waals surface area (Å²) in [6.07, 6.45) is 1.63. The molecular weight excluding hydrogens is 518 g/mol. The number of rotatable bonds is 11. The third-order valence-electron chi connectivity index (χ3n) is 4.85. The molecule has 0 aliphatic carbocycles. The second-order valence-corrected chi connectivity index (χ2v) is 9.45. The van der Waals surface area contributed by atoms with Crippen LogP contribution in [0.3, 0.4) is 0 Å². The lowest BCUT2D eigenvalue weighted by Crippen LogP contribution is -2.25. The van der Waals surface area contributed by atoms with Crippen LogP contribution in [0, 0.1) is 11.8 Å². The number of carbonyl (C=O) groups is 3. The number of carbonyl (C=O) groups excluding carboxylic acids is 3. The van der Waals surface area contributed by atoms with E-state index in [1.165, 1.54) is 19.4 Å². The number of halogens is 1. The number of phenols is 1. The minimum absolute atomic E-state index is 0.00849. The molecule has 1 N–H and O–H groups in total. The van der Waals surface area contributed by atoms with Gasteiger partial charge >= 0.3 is 11.9 Å². The fourth-order valence-corrected chi connectivity index (χ4v) is 3.26. The van der Waals surface area contributed by atoms with Gasteiger partial charge in [-0.3, -0.25) is 19.4 Å². The van der Waals surface area contributed by atoms with Crippen molar-refractivity contribution in [1.82, 2.24) is 0 Å². The van der Waals surface area contributed by atoms with Crippen LogP contribution in [0.25, 0.3) is 0 Å². The zero-order valence-corrected chi connectivity index (χ0v) is 22.0. The van der Waals surface area contributed by atoms with E-state index in [2.05, 4.69) is 20.9 Å². The first kappa shape index (κ1) is 28.2. The van der Waals surface area contributed by atoms with Gasteiger partial charge in [0.2, 0.25) is 0 Å². The third-order valence-corrected chi connectivity index (χ3v) is 5.30. The Kier molecular flexibility index (Phi) is 10.6. The third kappa shape index (κ3) is 8.60. The largest absolute Gasteiger partial charge is 0.504 e. The lowest BCUT2D eigenvalue weighted by molar-refractivity contribution is -0.138. The molecule has 0 saturated carbocycles. The summed E-state index contributed by atoms with van der Waals surface area (Å²) in [6, 6.07) is 9.12. The van der Waals surface area contributed by atoms with Crippen LogP contribution >= 0.6 is 15.9 Å². The molecule has 1 unspecified atom stereocenters. The number of hydrogen-bond acceptors (Lipinski definition) is 8. The molecule has 0 bridgehead atoms. The predicted molar refractivity (Wildman–Crippen MR) is 135 cm³/mol. The highest BCUT2D eigenvalue weighted by Gasteiger charge is 2.20. The van der Waals surface area contributed by atoms with Gasteiger partial charge in [0.25, 0.3) is 0 Å². The SMILES string of the molecule is COCC(=O)C(Cc1ccc(OC(=O)C(C)C)cc1)N=Cc1cc(Br)cc(OC(=O)C(C)C)c1O. The number of benzene rings is 2. The van der Waals surface area contributed by atoms with Gasteiger partial charge in [-0.2, -0.15) is 0 Å². The Morgan fingerprint density at radius 3 is 2.17 bits per heavy atom. The lowest BCUT2D eigenvalue weighted by Gasteiger charge is -2.13. The van der Waals surface area contributed by atoms with Gasteiger partial charge in [0.05, 0.1) is 11.8 Å². The smallest absolute Gasteiger partial charge is 0.313 e.